The van der Waals surface area contributed by atoms with Gasteiger partial charge in [0.2, 0.25) is 5.91 Å². The number of carbonyl (C=O) groups excluding carboxylic acids is 1. The van der Waals surface area contributed by atoms with E-state index in [0.29, 0.717) is 12.1 Å². The molecule has 2 fully saturated rings. The Bertz CT molecular complexity index is 244. The first-order chi connectivity index (χ1) is 7.26. The van der Waals surface area contributed by atoms with Gasteiger partial charge in [-0.15, -0.1) is 0 Å². The van der Waals surface area contributed by atoms with Crippen molar-refractivity contribution >= 4 is 5.91 Å². The SMILES string of the molecule is CCN1CCC2CCC(C1)N2C(=O)CN. The average molecular weight is 211 g/mol. The van der Waals surface area contributed by atoms with E-state index in [1.165, 1.54) is 6.42 Å². The lowest BCUT2D eigenvalue weighted by Crippen LogP contribution is -2.45. The molecule has 0 aromatic heterocycles. The quantitative estimate of drug-likeness (QED) is 0.701. The summed E-state index contributed by atoms with van der Waals surface area (Å²) in [5.41, 5.74) is 5.47. The summed E-state index contributed by atoms with van der Waals surface area (Å²) in [6.45, 7) is 5.62. The molecule has 2 rings (SSSR count). The largest absolute Gasteiger partial charge is 0.334 e. The number of amides is 1. The molecule has 2 bridgehead atoms. The van der Waals surface area contributed by atoms with E-state index < -0.39 is 0 Å². The molecule has 2 atom stereocenters. The lowest BCUT2D eigenvalue weighted by atomic mass is 10.1. The van der Waals surface area contributed by atoms with Crippen molar-refractivity contribution in [3.63, 3.8) is 0 Å². The van der Waals surface area contributed by atoms with E-state index >= 15 is 0 Å². The zero-order valence-electron chi connectivity index (χ0n) is 9.48. The molecule has 0 radical (unpaired) electrons. The smallest absolute Gasteiger partial charge is 0.236 e. The summed E-state index contributed by atoms with van der Waals surface area (Å²) in [4.78, 5) is 16.3. The van der Waals surface area contributed by atoms with E-state index in [2.05, 4.69) is 16.7 Å². The Kier molecular flexibility index (Phi) is 3.26. The molecule has 0 aromatic carbocycles. The number of likely N-dealkylation sites (N-methyl/N-ethyl adjacent to an activating group) is 1. The molecule has 2 heterocycles. The van der Waals surface area contributed by atoms with E-state index in [-0.39, 0.29) is 12.5 Å². The Morgan fingerprint density at radius 2 is 2.07 bits per heavy atom. The molecule has 15 heavy (non-hydrogen) atoms. The molecular weight excluding hydrogens is 190 g/mol. The lowest BCUT2D eigenvalue weighted by Gasteiger charge is -2.28. The van der Waals surface area contributed by atoms with Gasteiger partial charge in [-0.2, -0.15) is 0 Å². The second-order valence-corrected chi connectivity index (χ2v) is 4.57. The summed E-state index contributed by atoms with van der Waals surface area (Å²) in [5, 5.41) is 0. The predicted octanol–water partition coefficient (Wildman–Crippen LogP) is 0.0303. The van der Waals surface area contributed by atoms with Crippen molar-refractivity contribution in [3.8, 4) is 0 Å². The van der Waals surface area contributed by atoms with Gasteiger partial charge in [0, 0.05) is 25.2 Å². The number of carbonyl (C=O) groups is 1. The molecule has 0 aromatic rings. The summed E-state index contributed by atoms with van der Waals surface area (Å²) in [6, 6.07) is 0.885. The Balaban J connectivity index is 2.09. The van der Waals surface area contributed by atoms with Gasteiger partial charge in [0.05, 0.1) is 6.54 Å². The highest BCUT2D eigenvalue weighted by molar-refractivity contribution is 5.79. The van der Waals surface area contributed by atoms with Gasteiger partial charge < -0.3 is 15.5 Å². The number of nitrogens with two attached hydrogens (primary N) is 1. The van der Waals surface area contributed by atoms with Crippen LogP contribution >= 0.6 is 0 Å². The van der Waals surface area contributed by atoms with Crippen LogP contribution in [0, 0.1) is 0 Å². The summed E-state index contributed by atoms with van der Waals surface area (Å²) >= 11 is 0. The van der Waals surface area contributed by atoms with Gasteiger partial charge in [-0.1, -0.05) is 6.92 Å². The maximum atomic E-state index is 11.8. The van der Waals surface area contributed by atoms with E-state index in [0.717, 1.165) is 32.5 Å². The first-order valence-electron chi connectivity index (χ1n) is 5.99. The molecule has 2 aliphatic heterocycles. The highest BCUT2D eigenvalue weighted by Gasteiger charge is 2.38. The molecule has 2 N–H and O–H groups in total. The fourth-order valence-electron chi connectivity index (χ4n) is 2.94. The van der Waals surface area contributed by atoms with Crippen LogP contribution in [-0.4, -0.2) is 54.0 Å². The third kappa shape index (κ3) is 2.01. The van der Waals surface area contributed by atoms with Gasteiger partial charge >= 0.3 is 0 Å². The van der Waals surface area contributed by atoms with E-state index in [1.807, 2.05) is 0 Å². The molecule has 0 spiro atoms. The van der Waals surface area contributed by atoms with Crippen LogP contribution in [-0.2, 0) is 4.79 Å². The summed E-state index contributed by atoms with van der Waals surface area (Å²) in [6.07, 6.45) is 3.46. The highest BCUT2D eigenvalue weighted by Crippen LogP contribution is 2.29. The zero-order valence-corrected chi connectivity index (χ0v) is 9.48. The van der Waals surface area contributed by atoms with Gasteiger partial charge in [-0.05, 0) is 25.8 Å². The molecule has 4 nitrogen and oxygen atoms in total. The molecule has 0 aliphatic carbocycles. The molecule has 2 aliphatic rings. The van der Waals surface area contributed by atoms with Gasteiger partial charge in [0.15, 0.2) is 0 Å². The predicted molar refractivity (Wildman–Crippen MR) is 59.4 cm³/mol. The van der Waals surface area contributed by atoms with Gasteiger partial charge in [-0.25, -0.2) is 0 Å². The van der Waals surface area contributed by atoms with Crippen LogP contribution in [0.1, 0.15) is 26.2 Å². The van der Waals surface area contributed by atoms with Crippen molar-refractivity contribution in [1.29, 1.82) is 0 Å². The van der Waals surface area contributed by atoms with Crippen molar-refractivity contribution in [3.05, 3.63) is 0 Å². The number of hydrogen-bond donors (Lipinski definition) is 1. The summed E-state index contributed by atoms with van der Waals surface area (Å²) in [7, 11) is 0. The van der Waals surface area contributed by atoms with Crippen molar-refractivity contribution in [2.75, 3.05) is 26.2 Å². The van der Waals surface area contributed by atoms with Crippen molar-refractivity contribution in [2.24, 2.45) is 5.73 Å². The minimum atomic E-state index is 0.139. The molecule has 0 saturated carbocycles. The molecule has 4 heteroatoms. The van der Waals surface area contributed by atoms with E-state index in [4.69, 9.17) is 5.73 Å². The van der Waals surface area contributed by atoms with Crippen LogP contribution in [0.5, 0.6) is 0 Å². The van der Waals surface area contributed by atoms with Crippen molar-refractivity contribution in [2.45, 2.75) is 38.3 Å². The topological polar surface area (TPSA) is 49.6 Å². The zero-order chi connectivity index (χ0) is 10.8. The maximum Gasteiger partial charge on any atom is 0.236 e. The van der Waals surface area contributed by atoms with E-state index in [9.17, 15) is 4.79 Å². The second-order valence-electron chi connectivity index (χ2n) is 4.57. The molecule has 86 valence electrons. The van der Waals surface area contributed by atoms with Gasteiger partial charge in [0.1, 0.15) is 0 Å². The first kappa shape index (κ1) is 10.9. The minimum absolute atomic E-state index is 0.139. The number of nitrogens with zero attached hydrogens (tertiary/aromatic N) is 2. The molecule has 2 unspecified atom stereocenters. The number of rotatable bonds is 2. The van der Waals surface area contributed by atoms with Crippen molar-refractivity contribution in [1.82, 2.24) is 9.80 Å². The van der Waals surface area contributed by atoms with Crippen LogP contribution in [0.3, 0.4) is 0 Å². The minimum Gasteiger partial charge on any atom is -0.334 e. The lowest BCUT2D eigenvalue weighted by molar-refractivity contribution is -0.132. The fraction of sp³-hybridized carbons (Fsp3) is 0.909. The second kappa shape index (κ2) is 4.49. The first-order valence-corrected chi connectivity index (χ1v) is 5.99. The summed E-state index contributed by atoms with van der Waals surface area (Å²) in [5.74, 6) is 0.139. The van der Waals surface area contributed by atoms with Crippen molar-refractivity contribution < 1.29 is 4.79 Å². The Hall–Kier alpha value is -0.610. The number of hydrogen-bond acceptors (Lipinski definition) is 3. The maximum absolute atomic E-state index is 11.8. The van der Waals surface area contributed by atoms with Crippen LogP contribution in [0.4, 0.5) is 0 Å². The van der Waals surface area contributed by atoms with E-state index in [1.54, 1.807) is 0 Å². The Morgan fingerprint density at radius 3 is 2.73 bits per heavy atom. The normalized spacial score (nSPS) is 31.7. The fourth-order valence-corrected chi connectivity index (χ4v) is 2.94. The van der Waals surface area contributed by atoms with Gasteiger partial charge in [-0.3, -0.25) is 4.79 Å². The average Bonchev–Trinajstić information content (AvgIpc) is 2.53. The van der Waals surface area contributed by atoms with Crippen LogP contribution in [0.2, 0.25) is 0 Å². The summed E-state index contributed by atoms with van der Waals surface area (Å²) < 4.78 is 0. The molecule has 2 saturated heterocycles. The van der Waals surface area contributed by atoms with Gasteiger partial charge in [0.25, 0.3) is 0 Å². The Morgan fingerprint density at radius 1 is 1.33 bits per heavy atom. The Labute approximate surface area is 91.4 Å². The van der Waals surface area contributed by atoms with Crippen LogP contribution in [0.15, 0.2) is 0 Å². The molecule has 1 amide bonds. The third-order valence-electron chi connectivity index (χ3n) is 3.78. The number of likely N-dealkylation sites (tertiary alicyclic amines) is 1. The number of fused-ring (bicyclic) bond motifs is 2. The molecular formula is C11H21N3O. The van der Waals surface area contributed by atoms with Crippen LogP contribution < -0.4 is 5.73 Å². The monoisotopic (exact) mass is 211 g/mol. The highest BCUT2D eigenvalue weighted by atomic mass is 16.2. The standard InChI is InChI=1S/C11H21N3O/c1-2-13-6-5-9-3-4-10(8-13)14(9)11(15)7-12/h9-10H,2-8,12H2,1H3. The van der Waals surface area contributed by atoms with Crippen LogP contribution in [0.25, 0.3) is 0 Å². The third-order valence-corrected chi connectivity index (χ3v) is 3.78.